The number of quaternary nitrogens is 1. The van der Waals surface area contributed by atoms with Crippen LogP contribution in [0.2, 0.25) is 0 Å². The molecule has 2 nitrogen and oxygen atoms in total. The Morgan fingerprint density at radius 1 is 1.09 bits per heavy atom. The zero-order chi connectivity index (χ0) is 7.33. The van der Waals surface area contributed by atoms with E-state index < -0.39 is 0 Å². The molecule has 0 bridgehead atoms. The summed E-state index contributed by atoms with van der Waals surface area (Å²) in [6.45, 7) is 2.07. The first kappa shape index (κ1) is 17.5. The Bertz CT molecular complexity index is 71.3. The number of hydrogen-bond acceptors (Lipinski definition) is 1. The third-order valence-corrected chi connectivity index (χ3v) is 1.28. The van der Waals surface area contributed by atoms with Crippen molar-refractivity contribution in [2.45, 2.75) is 12.8 Å². The fourth-order valence-electron chi connectivity index (χ4n) is 0.730. The maximum absolute atomic E-state index is 5.35. The quantitative estimate of drug-likeness (QED) is 0.409. The SMILES string of the molecule is C[N+](C)(C)CCCCN.Cl.[Cl-]. The average molecular weight is 203 g/mol. The third kappa shape index (κ3) is 18.0. The molecule has 0 spiro atoms. The summed E-state index contributed by atoms with van der Waals surface area (Å²) in [6, 6.07) is 0. The van der Waals surface area contributed by atoms with E-state index in [1.54, 1.807) is 0 Å². The Morgan fingerprint density at radius 2 is 1.55 bits per heavy atom. The van der Waals surface area contributed by atoms with Crippen LogP contribution in [0.5, 0.6) is 0 Å². The fraction of sp³-hybridized carbons (Fsp3) is 1.00. The van der Waals surface area contributed by atoms with E-state index in [-0.39, 0.29) is 24.8 Å². The fourth-order valence-corrected chi connectivity index (χ4v) is 0.730. The van der Waals surface area contributed by atoms with Gasteiger partial charge in [0.2, 0.25) is 0 Å². The summed E-state index contributed by atoms with van der Waals surface area (Å²) in [5, 5.41) is 0. The molecule has 0 saturated heterocycles. The van der Waals surface area contributed by atoms with E-state index in [2.05, 4.69) is 21.1 Å². The van der Waals surface area contributed by atoms with Crippen LogP contribution in [0, 0.1) is 0 Å². The van der Waals surface area contributed by atoms with Gasteiger partial charge in [0.1, 0.15) is 0 Å². The van der Waals surface area contributed by atoms with Crippen molar-refractivity contribution in [3.63, 3.8) is 0 Å². The summed E-state index contributed by atoms with van der Waals surface area (Å²) in [5.74, 6) is 0. The van der Waals surface area contributed by atoms with E-state index in [1.807, 2.05) is 0 Å². The number of nitrogens with zero attached hydrogens (tertiary/aromatic N) is 1. The van der Waals surface area contributed by atoms with E-state index in [4.69, 9.17) is 5.73 Å². The van der Waals surface area contributed by atoms with Gasteiger partial charge in [0.25, 0.3) is 0 Å². The van der Waals surface area contributed by atoms with Crippen molar-refractivity contribution in [1.82, 2.24) is 0 Å². The molecule has 0 saturated carbocycles. The smallest absolute Gasteiger partial charge is 0.0780 e. The first-order valence-corrected chi connectivity index (χ1v) is 3.57. The van der Waals surface area contributed by atoms with E-state index in [0.717, 1.165) is 17.4 Å². The molecule has 0 radical (unpaired) electrons. The predicted octanol–water partition coefficient (Wildman–Crippen LogP) is -2.14. The Labute approximate surface area is 82.5 Å². The topological polar surface area (TPSA) is 26.0 Å². The van der Waals surface area contributed by atoms with Crippen LogP contribution in [0.25, 0.3) is 0 Å². The van der Waals surface area contributed by atoms with Gasteiger partial charge in [-0.1, -0.05) is 0 Å². The lowest BCUT2D eigenvalue weighted by Gasteiger charge is -2.23. The van der Waals surface area contributed by atoms with Crippen LogP contribution in [0.1, 0.15) is 12.8 Å². The second-order valence-corrected chi connectivity index (χ2v) is 3.51. The molecule has 0 aliphatic carbocycles. The van der Waals surface area contributed by atoms with Crippen LogP contribution in [0.3, 0.4) is 0 Å². The number of nitrogens with two attached hydrogens (primary N) is 1. The number of unbranched alkanes of at least 4 members (excludes halogenated alkanes) is 1. The summed E-state index contributed by atoms with van der Waals surface area (Å²) < 4.78 is 1.06. The molecular weight excluding hydrogens is 183 g/mol. The average Bonchev–Trinajstić information content (AvgIpc) is 1.63. The van der Waals surface area contributed by atoms with Crippen LogP contribution in [-0.4, -0.2) is 38.7 Å². The highest BCUT2D eigenvalue weighted by molar-refractivity contribution is 5.85. The molecule has 4 heteroatoms. The first-order chi connectivity index (χ1) is 4.06. The number of halogens is 2. The molecule has 0 atom stereocenters. The van der Waals surface area contributed by atoms with E-state index in [0.29, 0.717) is 0 Å². The summed E-state index contributed by atoms with van der Waals surface area (Å²) in [7, 11) is 6.61. The van der Waals surface area contributed by atoms with Gasteiger partial charge in [0.05, 0.1) is 27.7 Å². The zero-order valence-corrected chi connectivity index (χ0v) is 9.21. The largest absolute Gasteiger partial charge is 1.00 e. The van der Waals surface area contributed by atoms with Crippen molar-refractivity contribution in [1.29, 1.82) is 0 Å². The molecule has 72 valence electrons. The van der Waals surface area contributed by atoms with Crippen molar-refractivity contribution in [2.24, 2.45) is 5.73 Å². The van der Waals surface area contributed by atoms with Crippen molar-refractivity contribution < 1.29 is 16.9 Å². The predicted molar refractivity (Wildman–Crippen MR) is 48.4 cm³/mol. The lowest BCUT2D eigenvalue weighted by molar-refractivity contribution is -0.870. The highest BCUT2D eigenvalue weighted by Gasteiger charge is 2.03. The Morgan fingerprint density at radius 3 is 1.82 bits per heavy atom. The molecule has 0 fully saturated rings. The van der Waals surface area contributed by atoms with Crippen molar-refractivity contribution in [3.05, 3.63) is 0 Å². The molecule has 0 aromatic heterocycles. The minimum Gasteiger partial charge on any atom is -1.00 e. The highest BCUT2D eigenvalue weighted by Crippen LogP contribution is 1.94. The maximum atomic E-state index is 5.35. The first-order valence-electron chi connectivity index (χ1n) is 3.57. The van der Waals surface area contributed by atoms with Crippen LogP contribution >= 0.6 is 12.4 Å². The number of hydrogen-bond donors (Lipinski definition) is 1. The van der Waals surface area contributed by atoms with Gasteiger partial charge in [-0.3, -0.25) is 0 Å². The second-order valence-electron chi connectivity index (χ2n) is 3.51. The van der Waals surface area contributed by atoms with Gasteiger partial charge in [0, 0.05) is 0 Å². The van der Waals surface area contributed by atoms with Gasteiger partial charge < -0.3 is 22.6 Å². The van der Waals surface area contributed by atoms with E-state index >= 15 is 0 Å². The normalized spacial score (nSPS) is 9.82. The van der Waals surface area contributed by atoms with Gasteiger partial charge in [-0.2, -0.15) is 0 Å². The molecule has 0 unspecified atom stereocenters. The third-order valence-electron chi connectivity index (χ3n) is 1.28. The van der Waals surface area contributed by atoms with E-state index in [1.165, 1.54) is 13.0 Å². The molecule has 0 aromatic carbocycles. The molecule has 11 heavy (non-hydrogen) atoms. The molecule has 0 rings (SSSR count). The lowest BCUT2D eigenvalue weighted by atomic mass is 10.3. The summed E-state index contributed by atoms with van der Waals surface area (Å²) in [6.07, 6.45) is 2.41. The molecule has 0 amide bonds. The van der Waals surface area contributed by atoms with Gasteiger partial charge in [-0.25, -0.2) is 0 Å². The zero-order valence-electron chi connectivity index (χ0n) is 7.64. The summed E-state index contributed by atoms with van der Waals surface area (Å²) in [5.41, 5.74) is 5.35. The molecule has 0 heterocycles. The van der Waals surface area contributed by atoms with Gasteiger partial charge in [-0.05, 0) is 19.4 Å². The second kappa shape index (κ2) is 8.60. The maximum Gasteiger partial charge on any atom is 0.0780 e. The molecular formula is C7H20Cl2N2. The van der Waals surface area contributed by atoms with Crippen LogP contribution in [0.4, 0.5) is 0 Å². The Kier molecular flexibility index (Phi) is 13.7. The monoisotopic (exact) mass is 202 g/mol. The lowest BCUT2D eigenvalue weighted by Crippen LogP contribution is -3.00. The van der Waals surface area contributed by atoms with E-state index in [9.17, 15) is 0 Å². The minimum absolute atomic E-state index is 0. The molecule has 0 aromatic rings. The van der Waals surface area contributed by atoms with Gasteiger partial charge in [0.15, 0.2) is 0 Å². The Balaban J connectivity index is -0.000000320. The molecule has 0 aliphatic rings. The number of rotatable bonds is 4. The van der Waals surface area contributed by atoms with Gasteiger partial charge in [-0.15, -0.1) is 12.4 Å². The minimum atomic E-state index is 0. The Hall–Kier alpha value is 0.500. The van der Waals surface area contributed by atoms with Crippen LogP contribution in [-0.2, 0) is 0 Å². The van der Waals surface area contributed by atoms with Crippen molar-refractivity contribution in [3.8, 4) is 0 Å². The highest BCUT2D eigenvalue weighted by atomic mass is 35.5. The van der Waals surface area contributed by atoms with Crippen molar-refractivity contribution >= 4 is 12.4 Å². The van der Waals surface area contributed by atoms with Crippen LogP contribution < -0.4 is 18.1 Å². The van der Waals surface area contributed by atoms with Crippen molar-refractivity contribution in [2.75, 3.05) is 34.2 Å². The van der Waals surface area contributed by atoms with Crippen LogP contribution in [0.15, 0.2) is 0 Å². The molecule has 0 aliphatic heterocycles. The standard InChI is InChI=1S/C7H19N2.2ClH/c1-9(2,3)7-5-4-6-8;;/h4-8H2,1-3H3;2*1H/q+1;;/p-1. The van der Waals surface area contributed by atoms with Gasteiger partial charge >= 0.3 is 0 Å². The summed E-state index contributed by atoms with van der Waals surface area (Å²) >= 11 is 0. The summed E-state index contributed by atoms with van der Waals surface area (Å²) in [4.78, 5) is 0. The molecule has 2 N–H and O–H groups in total.